The molecule has 0 heterocycles. The molecular formula is C6H18MgN2. The Morgan fingerprint density at radius 2 is 1.00 bits per heavy atom. The van der Waals surface area contributed by atoms with Gasteiger partial charge in [0.2, 0.25) is 0 Å². The van der Waals surface area contributed by atoms with Crippen molar-refractivity contribution < 1.29 is 2.85 Å². The van der Waals surface area contributed by atoms with Gasteiger partial charge in [0.15, 0.2) is 0 Å². The molecule has 0 rings (SSSR count). The van der Waals surface area contributed by atoms with Crippen LogP contribution in [0.5, 0.6) is 0 Å². The minimum Gasteiger partial charge on any atom is -1.00 e. The van der Waals surface area contributed by atoms with Crippen LogP contribution >= 0.6 is 0 Å². The van der Waals surface area contributed by atoms with Crippen LogP contribution in [0.3, 0.4) is 0 Å². The van der Waals surface area contributed by atoms with Crippen molar-refractivity contribution in [3.63, 3.8) is 0 Å². The van der Waals surface area contributed by atoms with Crippen molar-refractivity contribution >= 4 is 23.1 Å². The fraction of sp³-hybridized carbons (Fsp3) is 1.00. The second kappa shape index (κ2) is 3.19. The molecule has 0 amide bonds. The third-order valence-corrected chi connectivity index (χ3v) is 1.66. The maximum atomic E-state index is 5.69. The van der Waals surface area contributed by atoms with Crippen molar-refractivity contribution in [3.8, 4) is 0 Å². The van der Waals surface area contributed by atoms with Crippen LogP contribution in [0.1, 0.15) is 30.5 Å². The van der Waals surface area contributed by atoms with Crippen molar-refractivity contribution in [2.45, 2.75) is 38.8 Å². The maximum Gasteiger partial charge on any atom is 2.00 e. The Kier molecular flexibility index (Phi) is 4.38. The first-order chi connectivity index (χ1) is 3.25. The number of hydrogen-bond acceptors (Lipinski definition) is 2. The van der Waals surface area contributed by atoms with Gasteiger partial charge in [0, 0.05) is 11.1 Å². The van der Waals surface area contributed by atoms with Crippen molar-refractivity contribution in [2.24, 2.45) is 11.5 Å². The molecule has 0 aliphatic rings. The Balaban J connectivity index is -0.0000000817. The third-order valence-electron chi connectivity index (χ3n) is 1.66. The van der Waals surface area contributed by atoms with Crippen LogP contribution in [0.25, 0.3) is 0 Å². The Hall–Kier alpha value is 0.686. The summed E-state index contributed by atoms with van der Waals surface area (Å²) in [6, 6.07) is 0. The van der Waals surface area contributed by atoms with Gasteiger partial charge in [0.1, 0.15) is 0 Å². The van der Waals surface area contributed by atoms with Gasteiger partial charge in [-0.05, 0) is 27.7 Å². The van der Waals surface area contributed by atoms with Gasteiger partial charge in [0.05, 0.1) is 0 Å². The number of rotatable bonds is 1. The van der Waals surface area contributed by atoms with Crippen molar-refractivity contribution in [2.75, 3.05) is 0 Å². The molecule has 0 aliphatic carbocycles. The zero-order valence-corrected chi connectivity index (χ0v) is 8.28. The average Bonchev–Trinajstić information content (AvgIpc) is 1.25. The van der Waals surface area contributed by atoms with Gasteiger partial charge in [-0.1, -0.05) is 0 Å². The molecule has 0 aliphatic heterocycles. The van der Waals surface area contributed by atoms with E-state index in [9.17, 15) is 0 Å². The molecule has 3 heteroatoms. The van der Waals surface area contributed by atoms with E-state index in [4.69, 9.17) is 11.5 Å². The molecule has 4 N–H and O–H groups in total. The first-order valence-electron chi connectivity index (χ1n) is 2.83. The molecule has 54 valence electrons. The van der Waals surface area contributed by atoms with E-state index in [1.165, 1.54) is 0 Å². The second-order valence-corrected chi connectivity index (χ2v) is 3.44. The standard InChI is InChI=1S/C6H16N2.Mg.2H/c1-5(2,7)6(3,4)8;;;/h7-8H2,1-4H3;;;/q;+2;2*-1. The molecule has 2 nitrogen and oxygen atoms in total. The SMILES string of the molecule is CC(C)(N)C(C)(C)N.[H-].[H-].[Mg+2]. The summed E-state index contributed by atoms with van der Waals surface area (Å²) in [7, 11) is 0. The number of nitrogens with two attached hydrogens (primary N) is 2. The quantitative estimate of drug-likeness (QED) is 0.518. The van der Waals surface area contributed by atoms with Gasteiger partial charge >= 0.3 is 23.1 Å². The van der Waals surface area contributed by atoms with Gasteiger partial charge in [-0.3, -0.25) is 0 Å². The summed E-state index contributed by atoms with van der Waals surface area (Å²) in [5, 5.41) is 0. The van der Waals surface area contributed by atoms with Crippen LogP contribution in [-0.2, 0) is 0 Å². The van der Waals surface area contributed by atoms with Gasteiger partial charge in [-0.2, -0.15) is 0 Å². The Labute approximate surface area is 76.5 Å². The summed E-state index contributed by atoms with van der Waals surface area (Å²) < 4.78 is 0. The van der Waals surface area contributed by atoms with Gasteiger partial charge in [-0.25, -0.2) is 0 Å². The molecule has 0 fully saturated rings. The van der Waals surface area contributed by atoms with Gasteiger partial charge in [-0.15, -0.1) is 0 Å². The molecule has 0 aromatic heterocycles. The minimum atomic E-state index is -0.285. The van der Waals surface area contributed by atoms with E-state index < -0.39 is 0 Å². The molecule has 0 aromatic carbocycles. The van der Waals surface area contributed by atoms with E-state index in [0.717, 1.165) is 0 Å². The van der Waals surface area contributed by atoms with Crippen LogP contribution in [-0.4, -0.2) is 34.1 Å². The summed E-state index contributed by atoms with van der Waals surface area (Å²) in [5.74, 6) is 0. The molecular weight excluding hydrogens is 124 g/mol. The van der Waals surface area contributed by atoms with Crippen LogP contribution in [0, 0.1) is 0 Å². The largest absolute Gasteiger partial charge is 2.00 e. The molecule has 0 saturated heterocycles. The average molecular weight is 143 g/mol. The third kappa shape index (κ3) is 4.14. The molecule has 0 aromatic rings. The number of hydrogen-bond donors (Lipinski definition) is 2. The molecule has 0 unspecified atom stereocenters. The summed E-state index contributed by atoms with van der Waals surface area (Å²) in [6.45, 7) is 7.69. The topological polar surface area (TPSA) is 52.0 Å². The van der Waals surface area contributed by atoms with Crippen molar-refractivity contribution in [3.05, 3.63) is 0 Å². The molecule has 0 radical (unpaired) electrons. The Morgan fingerprint density at radius 1 is 0.889 bits per heavy atom. The van der Waals surface area contributed by atoms with E-state index in [2.05, 4.69) is 0 Å². The van der Waals surface area contributed by atoms with E-state index in [1.807, 2.05) is 27.7 Å². The summed E-state index contributed by atoms with van der Waals surface area (Å²) in [4.78, 5) is 0. The van der Waals surface area contributed by atoms with Crippen LogP contribution < -0.4 is 11.5 Å². The zero-order valence-electron chi connectivity index (χ0n) is 8.86. The second-order valence-electron chi connectivity index (χ2n) is 3.44. The van der Waals surface area contributed by atoms with Gasteiger partial charge in [0.25, 0.3) is 0 Å². The fourth-order valence-electron chi connectivity index (χ4n) is 0. The first kappa shape index (κ1) is 12.4. The van der Waals surface area contributed by atoms with Crippen LogP contribution in [0.2, 0.25) is 0 Å². The van der Waals surface area contributed by atoms with Crippen LogP contribution in [0.15, 0.2) is 0 Å². The van der Waals surface area contributed by atoms with E-state index >= 15 is 0 Å². The van der Waals surface area contributed by atoms with E-state index in [0.29, 0.717) is 0 Å². The van der Waals surface area contributed by atoms with Crippen LogP contribution in [0.4, 0.5) is 0 Å². The predicted octanol–water partition coefficient (Wildman–Crippen LogP) is 0.305. The molecule has 9 heavy (non-hydrogen) atoms. The monoisotopic (exact) mass is 142 g/mol. The molecule has 0 atom stereocenters. The molecule has 0 saturated carbocycles. The Bertz CT molecular complexity index is 73.6. The smallest absolute Gasteiger partial charge is 1.00 e. The molecule has 0 bridgehead atoms. The predicted molar refractivity (Wildman–Crippen MR) is 44.5 cm³/mol. The maximum absolute atomic E-state index is 5.69. The zero-order chi connectivity index (χ0) is 7.00. The fourth-order valence-corrected chi connectivity index (χ4v) is 0. The Morgan fingerprint density at radius 3 is 1.00 bits per heavy atom. The molecule has 0 spiro atoms. The summed E-state index contributed by atoms with van der Waals surface area (Å²) in [6.07, 6.45) is 0. The van der Waals surface area contributed by atoms with Crippen molar-refractivity contribution in [1.82, 2.24) is 0 Å². The summed E-state index contributed by atoms with van der Waals surface area (Å²) >= 11 is 0. The minimum absolute atomic E-state index is 0. The van der Waals surface area contributed by atoms with Gasteiger partial charge < -0.3 is 14.3 Å². The normalized spacial score (nSPS) is 12.7. The van der Waals surface area contributed by atoms with E-state index in [-0.39, 0.29) is 37.0 Å². The van der Waals surface area contributed by atoms with E-state index in [1.54, 1.807) is 0 Å². The summed E-state index contributed by atoms with van der Waals surface area (Å²) in [5.41, 5.74) is 10.8. The van der Waals surface area contributed by atoms with Crippen molar-refractivity contribution in [1.29, 1.82) is 0 Å². The first-order valence-corrected chi connectivity index (χ1v) is 2.83.